The molecule has 0 saturated carbocycles. The van der Waals surface area contributed by atoms with Gasteiger partial charge >= 0.3 is 0 Å². The Labute approximate surface area is 253 Å². The van der Waals surface area contributed by atoms with Crippen LogP contribution in [0.5, 0.6) is 5.75 Å². The summed E-state index contributed by atoms with van der Waals surface area (Å²) in [5, 5.41) is 2.85. The van der Waals surface area contributed by atoms with Gasteiger partial charge in [0, 0.05) is 21.5 Å². The van der Waals surface area contributed by atoms with E-state index >= 15 is 0 Å². The minimum absolute atomic E-state index is 0.0300. The van der Waals surface area contributed by atoms with E-state index < -0.39 is 28.5 Å². The lowest BCUT2D eigenvalue weighted by Gasteiger charge is -2.32. The maximum atomic E-state index is 13.9. The number of hydrogen-bond acceptors (Lipinski definition) is 5. The van der Waals surface area contributed by atoms with Crippen LogP contribution in [0, 0.1) is 0 Å². The standard InChI is InChI=1S/C29H33Br2N3O5S/c1-5-39-26-14-12-25(13-15-26)34(40(37,38)27-16-10-24(31)11-17-27)19-28(35)33(21(4)29(36)32-20(2)3)18-22-6-8-23(30)9-7-22/h6-17,20-21H,5,18-19H2,1-4H3,(H,32,36)/t21-/m0/s1. The second kappa shape index (κ2) is 14.1. The average molecular weight is 695 g/mol. The number of carbonyl (C=O) groups is 2. The summed E-state index contributed by atoms with van der Waals surface area (Å²) in [6.45, 7) is 7.23. The first-order chi connectivity index (χ1) is 18.9. The first-order valence-corrected chi connectivity index (χ1v) is 15.8. The zero-order valence-corrected chi connectivity index (χ0v) is 26.8. The van der Waals surface area contributed by atoms with Crippen LogP contribution in [-0.2, 0) is 26.2 Å². The van der Waals surface area contributed by atoms with Crippen LogP contribution in [-0.4, -0.2) is 50.4 Å². The number of hydrogen-bond donors (Lipinski definition) is 1. The molecule has 1 N–H and O–H groups in total. The Bertz CT molecular complexity index is 1400. The highest BCUT2D eigenvalue weighted by Gasteiger charge is 2.32. The molecule has 0 aromatic heterocycles. The number of nitrogens with one attached hydrogen (secondary N) is 1. The van der Waals surface area contributed by atoms with Crippen molar-refractivity contribution in [1.29, 1.82) is 0 Å². The normalized spacial score (nSPS) is 12.1. The highest BCUT2D eigenvalue weighted by molar-refractivity contribution is 9.10. The van der Waals surface area contributed by atoms with Crippen molar-refractivity contribution in [3.63, 3.8) is 0 Å². The smallest absolute Gasteiger partial charge is 0.264 e. The molecule has 0 fully saturated rings. The van der Waals surface area contributed by atoms with Gasteiger partial charge in [0.25, 0.3) is 10.0 Å². The third-order valence-corrected chi connectivity index (χ3v) is 8.83. The number of sulfonamides is 1. The van der Waals surface area contributed by atoms with E-state index in [0.29, 0.717) is 18.0 Å². The van der Waals surface area contributed by atoms with Crippen LogP contribution in [0.4, 0.5) is 5.69 Å². The van der Waals surface area contributed by atoms with E-state index in [2.05, 4.69) is 37.2 Å². The van der Waals surface area contributed by atoms with E-state index in [-0.39, 0.29) is 23.4 Å². The summed E-state index contributed by atoms with van der Waals surface area (Å²) < 4.78 is 35.9. The van der Waals surface area contributed by atoms with Gasteiger partial charge in [0.1, 0.15) is 18.3 Å². The number of halogens is 2. The zero-order chi connectivity index (χ0) is 29.4. The summed E-state index contributed by atoms with van der Waals surface area (Å²) in [4.78, 5) is 28.3. The van der Waals surface area contributed by atoms with Crippen molar-refractivity contribution in [3.8, 4) is 5.75 Å². The molecule has 40 heavy (non-hydrogen) atoms. The van der Waals surface area contributed by atoms with Gasteiger partial charge in [0.2, 0.25) is 11.8 Å². The topological polar surface area (TPSA) is 96.0 Å². The van der Waals surface area contributed by atoms with Gasteiger partial charge in [-0.2, -0.15) is 0 Å². The summed E-state index contributed by atoms with van der Waals surface area (Å²) in [6, 6.07) is 19.1. The van der Waals surface area contributed by atoms with Crippen LogP contribution in [0.2, 0.25) is 0 Å². The Kier molecular flexibility index (Phi) is 11.2. The quantitative estimate of drug-likeness (QED) is 0.261. The molecule has 0 aliphatic heterocycles. The predicted molar refractivity (Wildman–Crippen MR) is 164 cm³/mol. The van der Waals surface area contributed by atoms with Crippen molar-refractivity contribution in [3.05, 3.63) is 87.3 Å². The van der Waals surface area contributed by atoms with Crippen molar-refractivity contribution >= 4 is 59.4 Å². The number of ether oxygens (including phenoxy) is 1. The molecule has 0 heterocycles. The van der Waals surface area contributed by atoms with E-state index in [9.17, 15) is 18.0 Å². The molecule has 214 valence electrons. The molecule has 2 amide bonds. The first kappa shape index (κ1) is 31.6. The predicted octanol–water partition coefficient (Wildman–Crippen LogP) is 5.75. The Morgan fingerprint density at radius 3 is 1.95 bits per heavy atom. The van der Waals surface area contributed by atoms with Crippen LogP contribution in [0.1, 0.15) is 33.3 Å². The van der Waals surface area contributed by atoms with Gasteiger partial charge in [-0.25, -0.2) is 8.42 Å². The molecule has 0 unspecified atom stereocenters. The third kappa shape index (κ3) is 8.31. The minimum atomic E-state index is -4.15. The highest BCUT2D eigenvalue weighted by Crippen LogP contribution is 2.27. The summed E-state index contributed by atoms with van der Waals surface area (Å²) in [5.41, 5.74) is 1.09. The lowest BCUT2D eigenvalue weighted by molar-refractivity contribution is -0.139. The van der Waals surface area contributed by atoms with Gasteiger partial charge in [0.05, 0.1) is 17.2 Å². The van der Waals surface area contributed by atoms with Gasteiger partial charge in [-0.05, 0) is 93.9 Å². The lowest BCUT2D eigenvalue weighted by atomic mass is 10.1. The van der Waals surface area contributed by atoms with Crippen LogP contribution < -0.4 is 14.4 Å². The Hall–Kier alpha value is -2.89. The van der Waals surface area contributed by atoms with E-state index in [4.69, 9.17) is 4.74 Å². The molecule has 11 heteroatoms. The summed E-state index contributed by atoms with van der Waals surface area (Å²) in [7, 11) is -4.15. The molecule has 0 bridgehead atoms. The van der Waals surface area contributed by atoms with Crippen molar-refractivity contribution in [2.45, 2.75) is 51.2 Å². The fraction of sp³-hybridized carbons (Fsp3) is 0.310. The van der Waals surface area contributed by atoms with E-state index in [1.807, 2.05) is 45.0 Å². The molecule has 0 aliphatic carbocycles. The van der Waals surface area contributed by atoms with Crippen LogP contribution in [0.15, 0.2) is 86.6 Å². The van der Waals surface area contributed by atoms with Gasteiger partial charge < -0.3 is 15.0 Å². The number of carbonyl (C=O) groups excluding carboxylic acids is 2. The van der Waals surface area contributed by atoms with Crippen molar-refractivity contribution in [2.24, 2.45) is 0 Å². The maximum Gasteiger partial charge on any atom is 0.264 e. The fourth-order valence-electron chi connectivity index (χ4n) is 3.91. The number of nitrogens with zero attached hydrogens (tertiary/aromatic N) is 2. The van der Waals surface area contributed by atoms with E-state index in [1.165, 1.54) is 17.0 Å². The largest absolute Gasteiger partial charge is 0.494 e. The monoisotopic (exact) mass is 693 g/mol. The Morgan fingerprint density at radius 1 is 0.875 bits per heavy atom. The van der Waals surface area contributed by atoms with E-state index in [1.54, 1.807) is 43.3 Å². The molecule has 3 aromatic carbocycles. The minimum Gasteiger partial charge on any atom is -0.494 e. The zero-order valence-electron chi connectivity index (χ0n) is 22.8. The van der Waals surface area contributed by atoms with Gasteiger partial charge in [-0.3, -0.25) is 13.9 Å². The molecule has 0 spiro atoms. The number of amides is 2. The average Bonchev–Trinajstić information content (AvgIpc) is 2.91. The molecule has 1 atom stereocenters. The molecule has 3 rings (SSSR count). The Morgan fingerprint density at radius 2 is 1.43 bits per heavy atom. The Balaban J connectivity index is 2.02. The van der Waals surface area contributed by atoms with E-state index in [0.717, 1.165) is 18.8 Å². The molecular formula is C29H33Br2N3O5S. The molecule has 0 saturated heterocycles. The third-order valence-electron chi connectivity index (χ3n) is 5.98. The summed E-state index contributed by atoms with van der Waals surface area (Å²) >= 11 is 6.75. The highest BCUT2D eigenvalue weighted by atomic mass is 79.9. The van der Waals surface area contributed by atoms with Crippen molar-refractivity contribution < 1.29 is 22.7 Å². The van der Waals surface area contributed by atoms with Gasteiger partial charge in [-0.15, -0.1) is 0 Å². The van der Waals surface area contributed by atoms with Gasteiger partial charge in [-0.1, -0.05) is 44.0 Å². The first-order valence-electron chi connectivity index (χ1n) is 12.8. The fourth-order valence-corrected chi connectivity index (χ4v) is 5.85. The van der Waals surface area contributed by atoms with Gasteiger partial charge in [0.15, 0.2) is 0 Å². The SMILES string of the molecule is CCOc1ccc(N(CC(=O)N(Cc2ccc(Br)cc2)[C@@H](C)C(=O)NC(C)C)S(=O)(=O)c2ccc(Br)cc2)cc1. The molecular weight excluding hydrogens is 662 g/mol. The number of anilines is 1. The van der Waals surface area contributed by atoms with Crippen molar-refractivity contribution in [2.75, 3.05) is 17.5 Å². The molecule has 0 radical (unpaired) electrons. The van der Waals surface area contributed by atoms with Crippen LogP contribution in [0.3, 0.4) is 0 Å². The number of rotatable bonds is 12. The maximum absolute atomic E-state index is 13.9. The molecule has 0 aliphatic rings. The second-order valence-corrected chi connectivity index (χ2v) is 13.1. The van der Waals surface area contributed by atoms with Crippen molar-refractivity contribution in [1.82, 2.24) is 10.2 Å². The second-order valence-electron chi connectivity index (χ2n) is 9.38. The van der Waals surface area contributed by atoms with Crippen LogP contribution in [0.25, 0.3) is 0 Å². The lowest BCUT2D eigenvalue weighted by Crippen LogP contribution is -2.52. The molecule has 8 nitrogen and oxygen atoms in total. The summed E-state index contributed by atoms with van der Waals surface area (Å²) in [5.74, 6) is -0.276. The summed E-state index contributed by atoms with van der Waals surface area (Å²) in [6.07, 6.45) is 0. The molecule has 3 aromatic rings. The van der Waals surface area contributed by atoms with Crippen LogP contribution >= 0.6 is 31.9 Å². The number of benzene rings is 3.